The number of hydrogen-bond donors (Lipinski definition) is 2. The number of nitrogens with one attached hydrogen (secondary N) is 2. The van der Waals surface area contributed by atoms with Gasteiger partial charge in [0.15, 0.2) is 0 Å². The molecule has 0 radical (unpaired) electrons. The molecule has 0 bridgehead atoms. The van der Waals surface area contributed by atoms with E-state index in [-0.39, 0.29) is 5.91 Å². The summed E-state index contributed by atoms with van der Waals surface area (Å²) >= 11 is 0. The van der Waals surface area contributed by atoms with E-state index in [1.165, 1.54) is 6.20 Å². The van der Waals surface area contributed by atoms with Crippen LogP contribution in [0, 0.1) is 0 Å². The Balaban J connectivity index is 2.38. The van der Waals surface area contributed by atoms with Crippen molar-refractivity contribution in [3.8, 4) is 0 Å². The number of carbonyl (C=O) groups excluding carboxylic acids is 1. The minimum Gasteiger partial charge on any atom is -0.385 e. The fourth-order valence-corrected chi connectivity index (χ4v) is 1.48. The first-order valence-electron chi connectivity index (χ1n) is 6.61. The summed E-state index contributed by atoms with van der Waals surface area (Å²) in [5, 5.41) is 5.92. The molecule has 1 heterocycles. The van der Waals surface area contributed by atoms with Gasteiger partial charge in [0, 0.05) is 26.8 Å². The molecule has 0 aliphatic rings. The molecule has 0 saturated heterocycles. The highest BCUT2D eigenvalue weighted by molar-refractivity contribution is 5.92. The van der Waals surface area contributed by atoms with Crippen LogP contribution in [0.15, 0.2) is 12.4 Å². The molecule has 19 heavy (non-hydrogen) atoms. The first-order chi connectivity index (χ1) is 9.27. The molecule has 1 amide bonds. The van der Waals surface area contributed by atoms with E-state index in [9.17, 15) is 4.79 Å². The van der Waals surface area contributed by atoms with Gasteiger partial charge < -0.3 is 15.4 Å². The minimum atomic E-state index is -0.190. The number of aromatic nitrogens is 2. The van der Waals surface area contributed by atoms with Crippen LogP contribution in [0.2, 0.25) is 0 Å². The second kappa shape index (κ2) is 9.27. The van der Waals surface area contributed by atoms with Crippen LogP contribution in [0.3, 0.4) is 0 Å². The molecule has 0 aliphatic heterocycles. The van der Waals surface area contributed by atoms with Crippen molar-refractivity contribution in [1.82, 2.24) is 15.3 Å². The summed E-state index contributed by atoms with van der Waals surface area (Å²) in [5.41, 5.74) is 0.341. The second-order valence-corrected chi connectivity index (χ2v) is 4.17. The lowest BCUT2D eigenvalue weighted by Gasteiger charge is -2.06. The van der Waals surface area contributed by atoms with E-state index < -0.39 is 0 Å². The van der Waals surface area contributed by atoms with E-state index in [1.54, 1.807) is 13.3 Å². The molecule has 0 aromatic carbocycles. The number of unbranched alkanes of at least 4 members (excludes halogenated alkanes) is 1. The monoisotopic (exact) mass is 266 g/mol. The first-order valence-corrected chi connectivity index (χ1v) is 6.61. The lowest BCUT2D eigenvalue weighted by Crippen LogP contribution is -2.26. The number of amides is 1. The van der Waals surface area contributed by atoms with Crippen LogP contribution in [0.25, 0.3) is 0 Å². The van der Waals surface area contributed by atoms with Crippen LogP contribution in [-0.2, 0) is 4.74 Å². The zero-order valence-electron chi connectivity index (χ0n) is 11.6. The fourth-order valence-electron chi connectivity index (χ4n) is 1.48. The van der Waals surface area contributed by atoms with E-state index in [0.29, 0.717) is 24.7 Å². The highest BCUT2D eigenvalue weighted by atomic mass is 16.5. The largest absolute Gasteiger partial charge is 0.385 e. The van der Waals surface area contributed by atoms with E-state index in [2.05, 4.69) is 27.5 Å². The SMILES string of the molecule is CCCNc1cncc(C(=O)NCCCCOC)n1. The molecule has 6 heteroatoms. The summed E-state index contributed by atoms with van der Waals surface area (Å²) in [6, 6.07) is 0. The quantitative estimate of drug-likeness (QED) is 0.662. The van der Waals surface area contributed by atoms with Gasteiger partial charge in [-0.2, -0.15) is 0 Å². The molecule has 1 aromatic heterocycles. The van der Waals surface area contributed by atoms with Crippen LogP contribution >= 0.6 is 0 Å². The van der Waals surface area contributed by atoms with Crippen molar-refractivity contribution in [3.05, 3.63) is 18.1 Å². The maximum Gasteiger partial charge on any atom is 0.271 e. The Morgan fingerprint density at radius 3 is 2.89 bits per heavy atom. The van der Waals surface area contributed by atoms with Gasteiger partial charge in [-0.3, -0.25) is 9.78 Å². The van der Waals surface area contributed by atoms with Crippen LogP contribution in [0.4, 0.5) is 5.82 Å². The molecular formula is C13H22N4O2. The van der Waals surface area contributed by atoms with E-state index in [1.807, 2.05) is 0 Å². The van der Waals surface area contributed by atoms with Gasteiger partial charge >= 0.3 is 0 Å². The van der Waals surface area contributed by atoms with E-state index in [0.717, 1.165) is 25.8 Å². The summed E-state index contributed by atoms with van der Waals surface area (Å²) in [6.45, 7) is 4.22. The van der Waals surface area contributed by atoms with Crippen LogP contribution in [0.1, 0.15) is 36.7 Å². The molecule has 0 atom stereocenters. The maximum absolute atomic E-state index is 11.8. The third-order valence-electron chi connectivity index (χ3n) is 2.48. The van der Waals surface area contributed by atoms with Crippen molar-refractivity contribution in [3.63, 3.8) is 0 Å². The van der Waals surface area contributed by atoms with Crippen LogP contribution in [0.5, 0.6) is 0 Å². The molecule has 0 unspecified atom stereocenters. The third kappa shape index (κ3) is 6.15. The van der Waals surface area contributed by atoms with Crippen molar-refractivity contribution in [2.24, 2.45) is 0 Å². The Morgan fingerprint density at radius 1 is 1.32 bits per heavy atom. The number of methoxy groups -OCH3 is 1. The van der Waals surface area contributed by atoms with Crippen molar-refractivity contribution in [2.45, 2.75) is 26.2 Å². The fraction of sp³-hybridized carbons (Fsp3) is 0.615. The topological polar surface area (TPSA) is 76.1 Å². The number of anilines is 1. The van der Waals surface area contributed by atoms with Gasteiger partial charge in [0.05, 0.1) is 12.4 Å². The highest BCUT2D eigenvalue weighted by Gasteiger charge is 2.07. The molecule has 6 nitrogen and oxygen atoms in total. The van der Waals surface area contributed by atoms with Gasteiger partial charge in [-0.1, -0.05) is 6.92 Å². The Labute approximate surface area is 114 Å². The van der Waals surface area contributed by atoms with Gasteiger partial charge in [0.2, 0.25) is 0 Å². The summed E-state index contributed by atoms with van der Waals surface area (Å²) < 4.78 is 4.94. The van der Waals surface area contributed by atoms with Gasteiger partial charge in [-0.15, -0.1) is 0 Å². The molecule has 2 N–H and O–H groups in total. The minimum absolute atomic E-state index is 0.190. The summed E-state index contributed by atoms with van der Waals surface area (Å²) in [6.07, 6.45) is 5.91. The zero-order chi connectivity index (χ0) is 13.9. The van der Waals surface area contributed by atoms with Crippen LogP contribution in [-0.4, -0.2) is 42.7 Å². The Morgan fingerprint density at radius 2 is 2.16 bits per heavy atom. The van der Waals surface area contributed by atoms with Crippen molar-refractivity contribution >= 4 is 11.7 Å². The number of hydrogen-bond acceptors (Lipinski definition) is 5. The normalized spacial score (nSPS) is 10.2. The molecule has 106 valence electrons. The van der Waals surface area contributed by atoms with Crippen molar-refractivity contribution in [1.29, 1.82) is 0 Å². The van der Waals surface area contributed by atoms with E-state index >= 15 is 0 Å². The zero-order valence-corrected chi connectivity index (χ0v) is 11.6. The number of nitrogens with zero attached hydrogens (tertiary/aromatic N) is 2. The first kappa shape index (κ1) is 15.4. The smallest absolute Gasteiger partial charge is 0.271 e. The molecule has 0 saturated carbocycles. The molecule has 0 aliphatic carbocycles. The Kier molecular flexibility index (Phi) is 7.50. The lowest BCUT2D eigenvalue weighted by molar-refractivity contribution is 0.0946. The second-order valence-electron chi connectivity index (χ2n) is 4.17. The highest BCUT2D eigenvalue weighted by Crippen LogP contribution is 2.02. The van der Waals surface area contributed by atoms with Crippen molar-refractivity contribution < 1.29 is 9.53 Å². The standard InChI is InChI=1S/C13H22N4O2/c1-3-6-15-12-10-14-9-11(17-12)13(18)16-7-4-5-8-19-2/h9-10H,3-8H2,1-2H3,(H,15,17)(H,16,18). The average Bonchev–Trinajstić information content (AvgIpc) is 2.45. The number of ether oxygens (including phenoxy) is 1. The molecule has 1 rings (SSSR count). The summed E-state index contributed by atoms with van der Waals surface area (Å²) in [5.74, 6) is 0.443. The molecule has 0 fully saturated rings. The van der Waals surface area contributed by atoms with E-state index in [4.69, 9.17) is 4.74 Å². The molecular weight excluding hydrogens is 244 g/mol. The van der Waals surface area contributed by atoms with Gasteiger partial charge in [0.25, 0.3) is 5.91 Å². The van der Waals surface area contributed by atoms with Gasteiger partial charge in [-0.05, 0) is 19.3 Å². The molecule has 1 aromatic rings. The summed E-state index contributed by atoms with van der Waals surface area (Å²) in [7, 11) is 1.67. The summed E-state index contributed by atoms with van der Waals surface area (Å²) in [4.78, 5) is 20.1. The van der Waals surface area contributed by atoms with Gasteiger partial charge in [0.1, 0.15) is 11.5 Å². The van der Waals surface area contributed by atoms with Crippen molar-refractivity contribution in [2.75, 3.05) is 32.1 Å². The third-order valence-corrected chi connectivity index (χ3v) is 2.48. The number of carbonyl (C=O) groups is 1. The molecule has 0 spiro atoms. The maximum atomic E-state index is 11.8. The predicted octanol–water partition coefficient (Wildman–Crippen LogP) is 1.45. The predicted molar refractivity (Wildman–Crippen MR) is 74.3 cm³/mol. The lowest BCUT2D eigenvalue weighted by atomic mass is 10.3. The Bertz CT molecular complexity index is 385. The Hall–Kier alpha value is -1.69. The van der Waals surface area contributed by atoms with Gasteiger partial charge in [-0.25, -0.2) is 4.98 Å². The van der Waals surface area contributed by atoms with Crippen LogP contribution < -0.4 is 10.6 Å². The number of rotatable bonds is 9. The average molecular weight is 266 g/mol.